The molecule has 0 aliphatic carbocycles. The minimum Gasteiger partial charge on any atom is -0.438 e. The predicted octanol–water partition coefficient (Wildman–Crippen LogP) is 7.14. The molecule has 49 heavy (non-hydrogen) atoms. The second kappa shape index (κ2) is 46.0. The normalized spacial score (nSPS) is 11.3. The number of aliphatic hydroxyl groups is 2. The Labute approximate surface area is 343 Å². The summed E-state index contributed by atoms with van der Waals surface area (Å²) in [5.41, 5.74) is 0. The van der Waals surface area contributed by atoms with Gasteiger partial charge in [0.25, 0.3) is 0 Å². The summed E-state index contributed by atoms with van der Waals surface area (Å²) in [6, 6.07) is 0. The molecule has 0 rings (SSSR count). The molecule has 0 heterocycles. The topological polar surface area (TPSA) is 179 Å². The maximum absolute atomic E-state index is 11.7. The molecule has 27 heteroatoms. The molecule has 0 atom stereocenters. The van der Waals surface area contributed by atoms with Crippen molar-refractivity contribution in [2.24, 2.45) is 9.98 Å². The molecule has 0 aromatic heterocycles. The highest BCUT2D eigenvalue weighted by atomic mass is 32.2. The number of aliphatic imine (C=N–C) groups is 2. The fourth-order valence-corrected chi connectivity index (χ4v) is 12.6. The number of ether oxygens (including phenoxy) is 2. The molecule has 2 amide bonds. The molecule has 0 aromatic carbocycles. The molecule has 0 radical (unpaired) electrons. The molecule has 0 saturated heterocycles. The van der Waals surface area contributed by atoms with E-state index in [1.165, 1.54) is 71.6 Å². The lowest BCUT2D eigenvalue weighted by atomic mass is 11.1. The Bertz CT molecular complexity index is 795. The predicted molar refractivity (Wildman–Crippen MR) is 231 cm³/mol. The highest BCUT2D eigenvalue weighted by Crippen LogP contribution is 2.20. The third-order valence-corrected chi connectivity index (χ3v) is 17.2. The Kier molecular flexibility index (Phi) is 47.8. The van der Waals surface area contributed by atoms with Gasteiger partial charge in [-0.25, -0.2) is 19.6 Å². The molecule has 0 spiro atoms. The smallest absolute Gasteiger partial charge is 0.408 e. The summed E-state index contributed by atoms with van der Waals surface area (Å²) < 4.78 is 10.1. The zero-order valence-electron chi connectivity index (χ0n) is 26.2. The van der Waals surface area contributed by atoms with Gasteiger partial charge in [-0.2, -0.15) is 9.78 Å². The second-order valence-electron chi connectivity index (χ2n) is 7.09. The first-order valence-corrected chi connectivity index (χ1v) is 28.3. The zero-order chi connectivity index (χ0) is 35.6. The number of thioether (sulfide) groups is 13. The Balaban J connectivity index is 3.26. The fraction of sp³-hybridized carbons (Fsp3) is 0.818. The van der Waals surface area contributed by atoms with E-state index in [1.807, 2.05) is 0 Å². The molecular weight excluding hydrogens is 897 g/mol. The summed E-state index contributed by atoms with van der Waals surface area (Å²) in [4.78, 5) is 51.1. The molecule has 0 aliphatic heterocycles. The minimum absolute atomic E-state index is 0.0636. The van der Waals surface area contributed by atoms with Gasteiger partial charge in [-0.1, -0.05) is 0 Å². The van der Waals surface area contributed by atoms with E-state index >= 15 is 0 Å². The first-order valence-electron chi connectivity index (χ1n) is 13.3. The summed E-state index contributed by atoms with van der Waals surface area (Å²) in [6.07, 6.45) is 1.72. The lowest BCUT2D eigenvalue weighted by molar-refractivity contribution is -0.196. The van der Waals surface area contributed by atoms with Crippen LogP contribution in [0.2, 0.25) is 0 Å². The third-order valence-electron chi connectivity index (χ3n) is 3.67. The molecule has 14 nitrogen and oxygen atoms in total. The van der Waals surface area contributed by atoms with Crippen molar-refractivity contribution in [3.05, 3.63) is 0 Å². The Morgan fingerprint density at radius 3 is 1.29 bits per heavy atom. The van der Waals surface area contributed by atoms with E-state index in [0.717, 1.165) is 35.6 Å². The number of hydrogen-bond donors (Lipinski definition) is 4. The van der Waals surface area contributed by atoms with Crippen molar-refractivity contribution in [3.63, 3.8) is 0 Å². The van der Waals surface area contributed by atoms with Crippen LogP contribution in [0, 0.1) is 0 Å². The monoisotopic (exact) mass is 938 g/mol. The molecule has 0 aliphatic rings. The molecule has 0 aromatic rings. The number of nitrogens with zero attached hydrogens (tertiary/aromatic N) is 2. The number of rotatable bonds is 38. The molecule has 0 fully saturated rings. The Hall–Kier alpha value is 1.87. The van der Waals surface area contributed by atoms with Gasteiger partial charge in [-0.3, -0.25) is 0 Å². The van der Waals surface area contributed by atoms with Gasteiger partial charge in [0.05, 0.1) is 35.4 Å². The summed E-state index contributed by atoms with van der Waals surface area (Å²) in [5.74, 6) is 3.60. The molecule has 0 unspecified atom stereocenters. The second-order valence-corrected chi connectivity index (χ2v) is 22.5. The number of carbonyl (C=O) groups is 2. The summed E-state index contributed by atoms with van der Waals surface area (Å²) >= 11 is 20.5. The van der Waals surface area contributed by atoms with Crippen molar-refractivity contribution in [2.45, 2.75) is 0 Å². The number of hydrogen-bond acceptors (Lipinski definition) is 25. The van der Waals surface area contributed by atoms with Crippen molar-refractivity contribution in [3.8, 4) is 0 Å². The van der Waals surface area contributed by atoms with E-state index in [-0.39, 0.29) is 17.8 Å². The van der Waals surface area contributed by atoms with Crippen LogP contribution in [0.15, 0.2) is 9.98 Å². The van der Waals surface area contributed by atoms with Crippen molar-refractivity contribution in [1.29, 1.82) is 0 Å². The van der Waals surface area contributed by atoms with Crippen LogP contribution in [-0.2, 0) is 29.0 Å². The summed E-state index contributed by atoms with van der Waals surface area (Å²) in [6.45, 7) is 0. The van der Waals surface area contributed by atoms with E-state index in [2.05, 4.69) is 20.6 Å². The summed E-state index contributed by atoms with van der Waals surface area (Å²) in [7, 11) is 0. The first kappa shape index (κ1) is 50.9. The standard InChI is InChI=1S/C22H42N4O10S13/c27-7-41-17-43-9-31-21(29)25-5-39-15-47-14-38-4-24-2-34-36-12-46-20-49-19-44-10-32-22(30)26-6-40-16-48-13-37-3-23-1-33-35-11-45-18-42-8-28/h1-2,27-28H,3-20H2,(H,25,29)(H,26,30). The van der Waals surface area contributed by atoms with E-state index in [1.54, 1.807) is 94.1 Å². The van der Waals surface area contributed by atoms with Gasteiger partial charge in [0.1, 0.15) is 23.8 Å². The largest absolute Gasteiger partial charge is 0.438 e. The highest BCUT2D eigenvalue weighted by molar-refractivity contribution is 8.23. The third kappa shape index (κ3) is 46.0. The average molecular weight is 939 g/mol. The molecule has 288 valence electrons. The highest BCUT2D eigenvalue weighted by Gasteiger charge is 2.03. The van der Waals surface area contributed by atoms with E-state index in [0.29, 0.717) is 46.4 Å². The average Bonchev–Trinajstić information content (AvgIpc) is 3.10. The van der Waals surface area contributed by atoms with Gasteiger partial charge in [-0.05, 0) is 0 Å². The van der Waals surface area contributed by atoms with Crippen molar-refractivity contribution < 1.29 is 48.8 Å². The van der Waals surface area contributed by atoms with Crippen molar-refractivity contribution in [2.75, 3.05) is 99.8 Å². The van der Waals surface area contributed by atoms with Crippen LogP contribution in [0.5, 0.6) is 0 Å². The first-order chi connectivity index (χ1) is 24.2. The van der Waals surface area contributed by atoms with Gasteiger partial charge >= 0.3 is 12.2 Å². The quantitative estimate of drug-likeness (QED) is 0.0122. The van der Waals surface area contributed by atoms with Gasteiger partial charge < -0.3 is 40.1 Å². The molecular formula is C22H42N4O10S13. The van der Waals surface area contributed by atoms with Crippen molar-refractivity contribution >= 4 is 178 Å². The van der Waals surface area contributed by atoms with E-state index in [9.17, 15) is 9.59 Å². The number of alkyl carbamates (subject to hydrolysis) is 2. The summed E-state index contributed by atoms with van der Waals surface area (Å²) in [5, 5.41) is 29.2. The van der Waals surface area contributed by atoms with Gasteiger partial charge in [0.2, 0.25) is 12.8 Å². The van der Waals surface area contributed by atoms with E-state index in [4.69, 9.17) is 39.2 Å². The van der Waals surface area contributed by atoms with Crippen LogP contribution < -0.4 is 10.6 Å². The van der Waals surface area contributed by atoms with Crippen LogP contribution in [-0.4, -0.2) is 135 Å². The lowest BCUT2D eigenvalue weighted by Gasteiger charge is -2.06. The number of aliphatic hydroxyl groups excluding tert-OH is 2. The Morgan fingerprint density at radius 1 is 0.490 bits per heavy atom. The number of nitrogens with one attached hydrogen (secondary N) is 2. The fourth-order valence-electron chi connectivity index (χ4n) is 1.87. The van der Waals surface area contributed by atoms with E-state index < -0.39 is 12.2 Å². The molecule has 4 N–H and O–H groups in total. The molecule has 0 bridgehead atoms. The minimum atomic E-state index is -0.437. The van der Waals surface area contributed by atoms with Crippen LogP contribution in [0.3, 0.4) is 0 Å². The van der Waals surface area contributed by atoms with Crippen LogP contribution in [0.25, 0.3) is 0 Å². The maximum Gasteiger partial charge on any atom is 0.408 e. The Morgan fingerprint density at radius 2 is 0.857 bits per heavy atom. The van der Waals surface area contributed by atoms with Gasteiger partial charge in [-0.15, -0.1) is 153 Å². The van der Waals surface area contributed by atoms with Crippen LogP contribution >= 0.6 is 153 Å². The van der Waals surface area contributed by atoms with Gasteiger partial charge in [0, 0.05) is 40.7 Å². The zero-order valence-corrected chi connectivity index (χ0v) is 36.9. The maximum atomic E-state index is 11.7. The van der Waals surface area contributed by atoms with Gasteiger partial charge in [0.15, 0.2) is 0 Å². The molecule has 0 saturated carbocycles. The number of amides is 2. The number of carbonyl (C=O) groups excluding carboxylic acids is 2. The van der Waals surface area contributed by atoms with Crippen LogP contribution in [0.1, 0.15) is 0 Å². The lowest BCUT2D eigenvalue weighted by Crippen LogP contribution is -2.23. The van der Waals surface area contributed by atoms with Crippen LogP contribution in [0.4, 0.5) is 9.59 Å². The SMILES string of the molecule is O=C(NCSCSCSCN=COOCSCSCSCOC(=O)NCSCSCSCN=COOCSCSCO)OCSCSCO. The van der Waals surface area contributed by atoms with Crippen molar-refractivity contribution in [1.82, 2.24) is 10.6 Å².